The fourth-order valence-corrected chi connectivity index (χ4v) is 3.29. The van der Waals surface area contributed by atoms with Crippen LogP contribution in [0.15, 0.2) is 35.7 Å². The highest BCUT2D eigenvalue weighted by atomic mass is 32.1. The molecule has 3 heteroatoms. The van der Waals surface area contributed by atoms with Crippen LogP contribution in [0.4, 0.5) is 0 Å². The van der Waals surface area contributed by atoms with Crippen molar-refractivity contribution >= 4 is 11.3 Å². The van der Waals surface area contributed by atoms with Crippen molar-refractivity contribution in [2.24, 2.45) is 0 Å². The van der Waals surface area contributed by atoms with E-state index >= 15 is 0 Å². The highest BCUT2D eigenvalue weighted by molar-refractivity contribution is 7.09. The van der Waals surface area contributed by atoms with Crippen LogP contribution < -0.4 is 0 Å². The molecule has 2 aromatic rings. The second-order valence-electron chi connectivity index (χ2n) is 5.62. The van der Waals surface area contributed by atoms with Crippen LogP contribution in [0.5, 0.6) is 0 Å². The molecule has 0 saturated heterocycles. The maximum absolute atomic E-state index is 10.4. The smallest absolute Gasteiger partial charge is 0.0961 e. The highest BCUT2D eigenvalue weighted by Crippen LogP contribution is 2.26. The lowest BCUT2D eigenvalue weighted by molar-refractivity contribution is 0.0486. The minimum absolute atomic E-state index is 0.638. The molecule has 108 valence electrons. The Labute approximate surface area is 125 Å². The summed E-state index contributed by atoms with van der Waals surface area (Å²) < 4.78 is 0. The van der Waals surface area contributed by atoms with Crippen LogP contribution in [0.25, 0.3) is 11.3 Å². The molecule has 0 radical (unpaired) electrons. The molecule has 0 aliphatic carbocycles. The zero-order valence-corrected chi connectivity index (χ0v) is 13.1. The molecule has 1 N–H and O–H groups in total. The van der Waals surface area contributed by atoms with Crippen molar-refractivity contribution in [3.05, 3.63) is 40.7 Å². The van der Waals surface area contributed by atoms with Crippen molar-refractivity contribution < 1.29 is 5.11 Å². The molecule has 0 saturated carbocycles. The van der Waals surface area contributed by atoms with Crippen LogP contribution in [-0.4, -0.2) is 15.7 Å². The van der Waals surface area contributed by atoms with Crippen molar-refractivity contribution in [2.45, 2.75) is 51.6 Å². The quantitative estimate of drug-likeness (QED) is 0.750. The van der Waals surface area contributed by atoms with Gasteiger partial charge in [-0.05, 0) is 13.3 Å². The molecule has 0 aliphatic rings. The van der Waals surface area contributed by atoms with E-state index in [1.54, 1.807) is 11.3 Å². The summed E-state index contributed by atoms with van der Waals surface area (Å²) in [5.41, 5.74) is 1.51. The van der Waals surface area contributed by atoms with Gasteiger partial charge in [0.1, 0.15) is 0 Å². The molecule has 0 aliphatic heterocycles. The first kappa shape index (κ1) is 15.2. The first-order chi connectivity index (χ1) is 9.61. The van der Waals surface area contributed by atoms with Gasteiger partial charge in [-0.3, -0.25) is 0 Å². The molecule has 2 nitrogen and oxygen atoms in total. The van der Waals surface area contributed by atoms with Crippen molar-refractivity contribution in [1.82, 2.24) is 4.98 Å². The maximum Gasteiger partial charge on any atom is 0.0961 e. The lowest BCUT2D eigenvalue weighted by atomic mass is 9.95. The van der Waals surface area contributed by atoms with E-state index in [4.69, 9.17) is 0 Å². The summed E-state index contributed by atoms with van der Waals surface area (Å²) in [5, 5.41) is 13.5. The molecular weight excluding hydrogens is 266 g/mol. The Bertz CT molecular complexity index is 519. The van der Waals surface area contributed by atoms with Gasteiger partial charge < -0.3 is 5.11 Å². The Hall–Kier alpha value is -1.19. The van der Waals surface area contributed by atoms with Gasteiger partial charge in [-0.2, -0.15) is 0 Å². The first-order valence-electron chi connectivity index (χ1n) is 7.33. The molecule has 1 aromatic carbocycles. The van der Waals surface area contributed by atoms with E-state index < -0.39 is 5.60 Å². The largest absolute Gasteiger partial charge is 0.390 e. The molecule has 2 rings (SSSR count). The number of thiazole rings is 1. The van der Waals surface area contributed by atoms with Crippen LogP contribution in [-0.2, 0) is 6.42 Å². The van der Waals surface area contributed by atoms with Gasteiger partial charge in [0.05, 0.1) is 16.3 Å². The Morgan fingerprint density at radius 3 is 2.65 bits per heavy atom. The fourth-order valence-electron chi connectivity index (χ4n) is 2.30. The number of aromatic nitrogens is 1. The number of hydrogen-bond donors (Lipinski definition) is 1. The van der Waals surface area contributed by atoms with Crippen LogP contribution in [0, 0.1) is 0 Å². The van der Waals surface area contributed by atoms with Crippen LogP contribution in [0.3, 0.4) is 0 Å². The van der Waals surface area contributed by atoms with E-state index in [9.17, 15) is 5.11 Å². The number of benzene rings is 1. The van der Waals surface area contributed by atoms with Gasteiger partial charge in [0.15, 0.2) is 0 Å². The molecule has 1 aromatic heterocycles. The molecule has 0 fully saturated rings. The summed E-state index contributed by atoms with van der Waals surface area (Å²) in [5.74, 6) is 0. The summed E-state index contributed by atoms with van der Waals surface area (Å²) in [7, 11) is 0. The van der Waals surface area contributed by atoms with Gasteiger partial charge >= 0.3 is 0 Å². The molecule has 1 heterocycles. The topological polar surface area (TPSA) is 33.1 Å². The standard InChI is InChI=1S/C17H23NOS/c1-3-4-8-11-17(2,19)12-16-18-15(13-20-16)14-9-6-5-7-10-14/h5-7,9-10,13,19H,3-4,8,11-12H2,1-2H3. The van der Waals surface area contributed by atoms with Crippen molar-refractivity contribution in [3.63, 3.8) is 0 Å². The van der Waals surface area contributed by atoms with E-state index in [1.807, 2.05) is 25.1 Å². The maximum atomic E-state index is 10.4. The fraction of sp³-hybridized carbons (Fsp3) is 0.471. The predicted molar refractivity (Wildman–Crippen MR) is 86.0 cm³/mol. The third-order valence-corrected chi connectivity index (χ3v) is 4.32. The summed E-state index contributed by atoms with van der Waals surface area (Å²) in [4.78, 5) is 4.65. The number of rotatable bonds is 7. The van der Waals surface area contributed by atoms with Gasteiger partial charge in [0.2, 0.25) is 0 Å². The van der Waals surface area contributed by atoms with Crippen molar-refractivity contribution in [1.29, 1.82) is 0 Å². The van der Waals surface area contributed by atoms with Gasteiger partial charge in [-0.15, -0.1) is 11.3 Å². The van der Waals surface area contributed by atoms with E-state index in [0.29, 0.717) is 6.42 Å². The summed E-state index contributed by atoms with van der Waals surface area (Å²) >= 11 is 1.64. The minimum Gasteiger partial charge on any atom is -0.390 e. The van der Waals surface area contributed by atoms with Gasteiger partial charge in [0.25, 0.3) is 0 Å². The first-order valence-corrected chi connectivity index (χ1v) is 8.21. The molecule has 0 amide bonds. The molecular formula is C17H23NOS. The molecule has 1 atom stereocenters. The van der Waals surface area contributed by atoms with E-state index in [0.717, 1.165) is 29.1 Å². The van der Waals surface area contributed by atoms with E-state index in [1.165, 1.54) is 12.8 Å². The number of unbranched alkanes of at least 4 members (excludes halogenated alkanes) is 2. The summed E-state index contributed by atoms with van der Waals surface area (Å²) in [6.45, 7) is 4.11. The number of hydrogen-bond acceptors (Lipinski definition) is 3. The van der Waals surface area contributed by atoms with Crippen LogP contribution >= 0.6 is 11.3 Å². The Morgan fingerprint density at radius 1 is 1.20 bits per heavy atom. The Morgan fingerprint density at radius 2 is 1.95 bits per heavy atom. The van der Waals surface area contributed by atoms with Crippen LogP contribution in [0.2, 0.25) is 0 Å². The molecule has 0 spiro atoms. The van der Waals surface area contributed by atoms with E-state index in [2.05, 4.69) is 29.4 Å². The average Bonchev–Trinajstić information content (AvgIpc) is 2.87. The van der Waals surface area contributed by atoms with Gasteiger partial charge in [0, 0.05) is 17.4 Å². The summed E-state index contributed by atoms with van der Waals surface area (Å²) in [6.07, 6.45) is 4.95. The van der Waals surface area contributed by atoms with E-state index in [-0.39, 0.29) is 0 Å². The second-order valence-corrected chi connectivity index (χ2v) is 6.57. The SMILES string of the molecule is CCCCCC(C)(O)Cc1nc(-c2ccccc2)cs1. The summed E-state index contributed by atoms with van der Waals surface area (Å²) in [6, 6.07) is 10.2. The second kappa shape index (κ2) is 7.00. The number of nitrogens with zero attached hydrogens (tertiary/aromatic N) is 1. The monoisotopic (exact) mass is 289 g/mol. The molecule has 0 bridgehead atoms. The van der Waals surface area contributed by atoms with Crippen molar-refractivity contribution in [2.75, 3.05) is 0 Å². The third-order valence-electron chi connectivity index (χ3n) is 3.47. The zero-order chi connectivity index (χ0) is 14.4. The Kier molecular flexibility index (Phi) is 5.32. The molecule has 20 heavy (non-hydrogen) atoms. The molecule has 1 unspecified atom stereocenters. The third kappa shape index (κ3) is 4.43. The Balaban J connectivity index is 1.99. The predicted octanol–water partition coefficient (Wildman–Crippen LogP) is 4.68. The zero-order valence-electron chi connectivity index (χ0n) is 12.3. The van der Waals surface area contributed by atoms with Crippen molar-refractivity contribution in [3.8, 4) is 11.3 Å². The highest BCUT2D eigenvalue weighted by Gasteiger charge is 2.22. The lowest BCUT2D eigenvalue weighted by Gasteiger charge is -2.21. The average molecular weight is 289 g/mol. The van der Waals surface area contributed by atoms with Crippen LogP contribution in [0.1, 0.15) is 44.5 Å². The van der Waals surface area contributed by atoms with Gasteiger partial charge in [-0.25, -0.2) is 4.98 Å². The lowest BCUT2D eigenvalue weighted by Crippen LogP contribution is -2.26. The van der Waals surface area contributed by atoms with Gasteiger partial charge in [-0.1, -0.05) is 56.5 Å². The normalized spacial score (nSPS) is 14.2. The number of aliphatic hydroxyl groups is 1. The minimum atomic E-state index is -0.638.